The number of halogens is 1. The maximum atomic E-state index is 8.92. The SMILES string of the molecule is Cc1sc(-c2ccc(Cl)cn2)nc1/C(N)=C(\C#N)NN. The topological polar surface area (TPSA) is 114 Å². The molecule has 0 atom stereocenters. The fourth-order valence-electron chi connectivity index (χ4n) is 1.55. The van der Waals surface area contributed by atoms with Gasteiger partial charge in [0.15, 0.2) is 5.70 Å². The molecule has 0 radical (unpaired) electrons. The van der Waals surface area contributed by atoms with Crippen LogP contribution < -0.4 is 17.0 Å². The van der Waals surface area contributed by atoms with Crippen LogP contribution in [0.5, 0.6) is 0 Å². The zero-order chi connectivity index (χ0) is 14.7. The first kappa shape index (κ1) is 14.3. The summed E-state index contributed by atoms with van der Waals surface area (Å²) in [7, 11) is 0. The molecule has 6 nitrogen and oxygen atoms in total. The van der Waals surface area contributed by atoms with Gasteiger partial charge in [-0.15, -0.1) is 11.3 Å². The summed E-state index contributed by atoms with van der Waals surface area (Å²) in [6, 6.07) is 5.40. The number of aryl methyl sites for hydroxylation is 1. The van der Waals surface area contributed by atoms with E-state index in [1.165, 1.54) is 11.3 Å². The van der Waals surface area contributed by atoms with Gasteiger partial charge in [0.2, 0.25) is 0 Å². The van der Waals surface area contributed by atoms with E-state index >= 15 is 0 Å². The van der Waals surface area contributed by atoms with Gasteiger partial charge in [-0.2, -0.15) is 5.26 Å². The maximum Gasteiger partial charge on any atom is 0.153 e. The van der Waals surface area contributed by atoms with Gasteiger partial charge in [0, 0.05) is 11.1 Å². The number of pyridine rings is 1. The van der Waals surface area contributed by atoms with Crippen LogP contribution in [0.2, 0.25) is 5.02 Å². The normalized spacial score (nSPS) is 11.7. The van der Waals surface area contributed by atoms with Gasteiger partial charge in [-0.25, -0.2) is 10.8 Å². The molecular formula is C12H11ClN6S. The summed E-state index contributed by atoms with van der Waals surface area (Å²) < 4.78 is 0. The van der Waals surface area contributed by atoms with Gasteiger partial charge in [0.05, 0.1) is 16.4 Å². The van der Waals surface area contributed by atoms with E-state index in [1.54, 1.807) is 18.3 Å². The van der Waals surface area contributed by atoms with E-state index in [1.807, 2.05) is 13.0 Å². The first-order valence-electron chi connectivity index (χ1n) is 5.53. The van der Waals surface area contributed by atoms with Crippen molar-refractivity contribution in [1.29, 1.82) is 5.26 Å². The van der Waals surface area contributed by atoms with Crippen LogP contribution in [0.3, 0.4) is 0 Å². The molecule has 102 valence electrons. The molecule has 0 saturated carbocycles. The van der Waals surface area contributed by atoms with Crippen LogP contribution in [-0.4, -0.2) is 9.97 Å². The Balaban J connectivity index is 2.48. The summed E-state index contributed by atoms with van der Waals surface area (Å²) in [5, 5.41) is 10.2. The lowest BCUT2D eigenvalue weighted by molar-refractivity contribution is 0.918. The Bertz CT molecular complexity index is 698. The van der Waals surface area contributed by atoms with Crippen molar-refractivity contribution in [3.63, 3.8) is 0 Å². The second kappa shape index (κ2) is 5.88. The highest BCUT2D eigenvalue weighted by molar-refractivity contribution is 7.15. The molecule has 0 fully saturated rings. The summed E-state index contributed by atoms with van der Waals surface area (Å²) >= 11 is 7.23. The number of hydrogen-bond acceptors (Lipinski definition) is 7. The molecule has 2 heterocycles. The molecule has 0 unspecified atom stereocenters. The van der Waals surface area contributed by atoms with E-state index in [0.29, 0.717) is 21.4 Å². The van der Waals surface area contributed by atoms with Crippen LogP contribution in [0.1, 0.15) is 10.6 Å². The van der Waals surface area contributed by atoms with Crippen LogP contribution in [0, 0.1) is 18.3 Å². The minimum Gasteiger partial charge on any atom is -0.395 e. The first-order chi connectivity index (χ1) is 9.56. The fraction of sp³-hybridized carbons (Fsp3) is 0.0833. The number of nitriles is 1. The average molecular weight is 307 g/mol. The third kappa shape index (κ3) is 2.72. The molecule has 0 aliphatic rings. The number of rotatable bonds is 3. The molecule has 0 aromatic carbocycles. The molecule has 0 aliphatic carbocycles. The van der Waals surface area contributed by atoms with Crippen molar-refractivity contribution < 1.29 is 0 Å². The lowest BCUT2D eigenvalue weighted by Crippen LogP contribution is -2.23. The molecule has 2 rings (SSSR count). The second-order valence-corrected chi connectivity index (χ2v) is 5.47. The van der Waals surface area contributed by atoms with Crippen molar-refractivity contribution in [1.82, 2.24) is 15.4 Å². The van der Waals surface area contributed by atoms with Gasteiger partial charge < -0.3 is 11.2 Å². The Morgan fingerprint density at radius 1 is 1.50 bits per heavy atom. The molecule has 0 amide bonds. The number of thiazole rings is 1. The number of hydrogen-bond donors (Lipinski definition) is 3. The Morgan fingerprint density at radius 2 is 2.25 bits per heavy atom. The van der Waals surface area contributed by atoms with Crippen LogP contribution in [-0.2, 0) is 0 Å². The average Bonchev–Trinajstić information content (AvgIpc) is 2.83. The Labute approximate surface area is 124 Å². The number of nitrogens with zero attached hydrogens (tertiary/aromatic N) is 3. The van der Waals surface area contributed by atoms with Crippen molar-refractivity contribution in [2.75, 3.05) is 0 Å². The van der Waals surface area contributed by atoms with Gasteiger partial charge in [0.1, 0.15) is 16.8 Å². The van der Waals surface area contributed by atoms with E-state index in [4.69, 9.17) is 28.4 Å². The van der Waals surface area contributed by atoms with E-state index in [9.17, 15) is 0 Å². The van der Waals surface area contributed by atoms with Gasteiger partial charge in [-0.3, -0.25) is 4.98 Å². The third-order valence-corrected chi connectivity index (χ3v) is 3.74. The lowest BCUT2D eigenvalue weighted by atomic mass is 10.2. The van der Waals surface area contributed by atoms with Crippen molar-refractivity contribution in [3.05, 3.63) is 39.6 Å². The predicted octanol–water partition coefficient (Wildman–Crippen LogP) is 1.78. The number of nitrogens with one attached hydrogen (secondary N) is 1. The highest BCUT2D eigenvalue weighted by atomic mass is 35.5. The van der Waals surface area contributed by atoms with E-state index in [-0.39, 0.29) is 11.4 Å². The minimum absolute atomic E-state index is 0.0778. The summed E-state index contributed by atoms with van der Waals surface area (Å²) in [5.74, 6) is 5.24. The maximum absolute atomic E-state index is 8.92. The Kier molecular flexibility index (Phi) is 4.20. The Morgan fingerprint density at radius 3 is 2.80 bits per heavy atom. The molecule has 0 bridgehead atoms. The molecule has 8 heteroatoms. The third-order valence-electron chi connectivity index (χ3n) is 2.52. The molecule has 5 N–H and O–H groups in total. The lowest BCUT2D eigenvalue weighted by Gasteiger charge is -2.02. The quantitative estimate of drug-likeness (QED) is 0.452. The monoisotopic (exact) mass is 306 g/mol. The van der Waals surface area contributed by atoms with Crippen LogP contribution in [0.15, 0.2) is 24.0 Å². The van der Waals surface area contributed by atoms with Crippen LogP contribution in [0.25, 0.3) is 16.4 Å². The Hall–Kier alpha value is -2.14. The zero-order valence-corrected chi connectivity index (χ0v) is 12.1. The summed E-state index contributed by atoms with van der Waals surface area (Å²) in [6.45, 7) is 1.87. The van der Waals surface area contributed by atoms with Crippen molar-refractivity contribution in [3.8, 4) is 16.8 Å². The molecule has 0 saturated heterocycles. The molecule has 2 aromatic heterocycles. The van der Waals surface area contributed by atoms with Gasteiger partial charge in [-0.05, 0) is 19.1 Å². The van der Waals surface area contributed by atoms with E-state index in [0.717, 1.165) is 4.88 Å². The predicted molar refractivity (Wildman–Crippen MR) is 79.1 cm³/mol. The standard InChI is InChI=1S/C12H11ClN6S/c1-6-11(10(15)9(4-14)19-16)18-12(20-6)8-3-2-7(13)5-17-8/h2-3,5,19H,15-16H2,1H3/b10-9-. The van der Waals surface area contributed by atoms with Crippen LogP contribution >= 0.6 is 22.9 Å². The first-order valence-corrected chi connectivity index (χ1v) is 6.72. The highest BCUT2D eigenvalue weighted by Crippen LogP contribution is 2.29. The van der Waals surface area contributed by atoms with E-state index in [2.05, 4.69) is 15.4 Å². The molecule has 0 aliphatic heterocycles. The summed E-state index contributed by atoms with van der Waals surface area (Å²) in [6.07, 6.45) is 1.55. The van der Waals surface area contributed by atoms with Crippen LogP contribution in [0.4, 0.5) is 0 Å². The van der Waals surface area contributed by atoms with Gasteiger partial charge >= 0.3 is 0 Å². The van der Waals surface area contributed by atoms with Gasteiger partial charge in [0.25, 0.3) is 0 Å². The minimum atomic E-state index is 0.0778. The molecule has 0 spiro atoms. The van der Waals surface area contributed by atoms with Crippen molar-refractivity contribution >= 4 is 28.6 Å². The second-order valence-electron chi connectivity index (χ2n) is 3.83. The largest absolute Gasteiger partial charge is 0.395 e. The number of allylic oxidation sites excluding steroid dienone is 1. The molecular weight excluding hydrogens is 296 g/mol. The van der Waals surface area contributed by atoms with Gasteiger partial charge in [-0.1, -0.05) is 11.6 Å². The highest BCUT2D eigenvalue weighted by Gasteiger charge is 2.15. The van der Waals surface area contributed by atoms with E-state index < -0.39 is 0 Å². The number of nitrogens with two attached hydrogens (primary N) is 2. The van der Waals surface area contributed by atoms with Crippen molar-refractivity contribution in [2.45, 2.75) is 6.92 Å². The number of hydrazine groups is 1. The van der Waals surface area contributed by atoms with Crippen molar-refractivity contribution in [2.24, 2.45) is 11.6 Å². The smallest absolute Gasteiger partial charge is 0.153 e. The molecule has 20 heavy (non-hydrogen) atoms. The summed E-state index contributed by atoms with van der Waals surface area (Å²) in [4.78, 5) is 9.48. The zero-order valence-electron chi connectivity index (χ0n) is 10.5. The number of aromatic nitrogens is 2. The molecule has 2 aromatic rings. The summed E-state index contributed by atoms with van der Waals surface area (Å²) in [5.41, 5.74) is 9.66. The fourth-order valence-corrected chi connectivity index (χ4v) is 2.56.